The quantitative estimate of drug-likeness (QED) is 0.469. The first-order valence-electron chi connectivity index (χ1n) is 8.24. The number of ether oxygens (including phenoxy) is 1. The highest BCUT2D eigenvalue weighted by Crippen LogP contribution is 2.31. The highest BCUT2D eigenvalue weighted by molar-refractivity contribution is 7.99. The van der Waals surface area contributed by atoms with E-state index in [-0.39, 0.29) is 11.7 Å². The number of carbonyl (C=O) groups excluding carboxylic acids is 1. The Bertz CT molecular complexity index is 715. The fourth-order valence-corrected chi connectivity index (χ4v) is 3.97. The summed E-state index contributed by atoms with van der Waals surface area (Å²) in [4.78, 5) is 12.2. The summed E-state index contributed by atoms with van der Waals surface area (Å²) in [5.41, 5.74) is 3.11. The van der Waals surface area contributed by atoms with E-state index in [0.29, 0.717) is 16.9 Å². The van der Waals surface area contributed by atoms with Gasteiger partial charge in [-0.15, -0.1) is 5.10 Å². The van der Waals surface area contributed by atoms with E-state index in [4.69, 9.17) is 4.74 Å². The first kappa shape index (κ1) is 17.0. The van der Waals surface area contributed by atoms with Gasteiger partial charge in [-0.25, -0.2) is 4.68 Å². The number of aromatic nitrogens is 4. The van der Waals surface area contributed by atoms with E-state index in [1.807, 2.05) is 37.6 Å². The van der Waals surface area contributed by atoms with Crippen molar-refractivity contribution < 1.29 is 9.53 Å². The summed E-state index contributed by atoms with van der Waals surface area (Å²) in [6.45, 7) is 5.94. The number of hydrogen-bond acceptors (Lipinski definition) is 6. The van der Waals surface area contributed by atoms with Crippen LogP contribution in [0.3, 0.4) is 0 Å². The smallest absolute Gasteiger partial charge is 0.321 e. The maximum absolute atomic E-state index is 12.2. The number of nitrogens with zero attached hydrogens (tertiary/aromatic N) is 4. The highest BCUT2D eigenvalue weighted by Gasteiger charge is 2.22. The van der Waals surface area contributed by atoms with E-state index >= 15 is 0 Å². The molecular weight excluding hydrogens is 324 g/mol. The van der Waals surface area contributed by atoms with Gasteiger partial charge in [0.15, 0.2) is 0 Å². The summed E-state index contributed by atoms with van der Waals surface area (Å²) in [5, 5.41) is 12.6. The summed E-state index contributed by atoms with van der Waals surface area (Å²) in [6, 6.07) is 4.40. The van der Waals surface area contributed by atoms with Crippen LogP contribution >= 0.6 is 11.8 Å². The van der Waals surface area contributed by atoms with Gasteiger partial charge >= 0.3 is 5.97 Å². The van der Waals surface area contributed by atoms with E-state index in [1.165, 1.54) is 24.6 Å². The van der Waals surface area contributed by atoms with Crippen molar-refractivity contribution in [1.29, 1.82) is 0 Å². The molecule has 0 N–H and O–H groups in total. The largest absolute Gasteiger partial charge is 0.425 e. The number of carbonyl (C=O) groups is 1. The van der Waals surface area contributed by atoms with Crippen molar-refractivity contribution in [2.24, 2.45) is 0 Å². The van der Waals surface area contributed by atoms with E-state index in [0.717, 1.165) is 29.5 Å². The lowest BCUT2D eigenvalue weighted by Crippen LogP contribution is -2.14. The molecule has 128 valence electrons. The number of aryl methyl sites for hydroxylation is 3. The minimum Gasteiger partial charge on any atom is -0.425 e. The van der Waals surface area contributed by atoms with Crippen LogP contribution in [-0.2, 0) is 4.79 Å². The Hall–Kier alpha value is -1.89. The molecule has 1 fully saturated rings. The molecule has 24 heavy (non-hydrogen) atoms. The molecule has 0 aliphatic heterocycles. The average molecular weight is 346 g/mol. The minimum absolute atomic E-state index is 0.194. The molecule has 0 saturated heterocycles. The fraction of sp³-hybridized carbons (Fsp3) is 0.529. The van der Waals surface area contributed by atoms with Crippen molar-refractivity contribution in [1.82, 2.24) is 20.2 Å². The molecule has 0 bridgehead atoms. The van der Waals surface area contributed by atoms with Crippen LogP contribution in [0.25, 0.3) is 0 Å². The van der Waals surface area contributed by atoms with Gasteiger partial charge in [-0.3, -0.25) is 4.79 Å². The molecule has 1 heterocycles. The lowest BCUT2D eigenvalue weighted by atomic mass is 10.1. The van der Waals surface area contributed by atoms with Crippen LogP contribution in [0.1, 0.15) is 48.4 Å². The van der Waals surface area contributed by atoms with Crippen LogP contribution < -0.4 is 4.74 Å². The third-order valence-corrected chi connectivity index (χ3v) is 5.18. The van der Waals surface area contributed by atoms with Crippen LogP contribution in [-0.4, -0.2) is 31.9 Å². The Morgan fingerprint density at radius 3 is 2.58 bits per heavy atom. The number of esters is 1. The molecule has 7 heteroatoms. The van der Waals surface area contributed by atoms with E-state index in [2.05, 4.69) is 15.5 Å². The van der Waals surface area contributed by atoms with Gasteiger partial charge in [-0.05, 0) is 55.2 Å². The summed E-state index contributed by atoms with van der Waals surface area (Å²) < 4.78 is 7.41. The standard InChI is InChI=1S/C17H22N4O2S/c1-11-8-12(2)16(13(3)9-11)23-15(22)10-24-17-18-19-20-21(17)14-6-4-5-7-14/h8-9,14H,4-7,10H2,1-3H3. The summed E-state index contributed by atoms with van der Waals surface area (Å²) >= 11 is 1.34. The molecule has 0 amide bonds. The van der Waals surface area contributed by atoms with Crippen molar-refractivity contribution in [2.45, 2.75) is 57.7 Å². The van der Waals surface area contributed by atoms with Gasteiger partial charge in [0.05, 0.1) is 11.8 Å². The Labute approximate surface area is 146 Å². The van der Waals surface area contributed by atoms with E-state index in [1.54, 1.807) is 0 Å². The number of benzene rings is 1. The second kappa shape index (κ2) is 7.34. The molecule has 0 atom stereocenters. The zero-order chi connectivity index (χ0) is 17.1. The molecule has 0 unspecified atom stereocenters. The summed E-state index contributed by atoms with van der Waals surface area (Å²) in [5.74, 6) is 0.567. The van der Waals surface area contributed by atoms with Crippen LogP contribution in [0.15, 0.2) is 17.3 Å². The molecule has 0 spiro atoms. The molecule has 6 nitrogen and oxygen atoms in total. The van der Waals surface area contributed by atoms with Crippen molar-refractivity contribution in [3.05, 3.63) is 28.8 Å². The van der Waals surface area contributed by atoms with Crippen LogP contribution in [0.4, 0.5) is 0 Å². The monoisotopic (exact) mass is 346 g/mol. The first-order valence-corrected chi connectivity index (χ1v) is 9.22. The Morgan fingerprint density at radius 2 is 1.92 bits per heavy atom. The molecule has 1 aliphatic rings. The minimum atomic E-state index is -0.281. The van der Waals surface area contributed by atoms with Gasteiger partial charge in [0, 0.05) is 0 Å². The lowest BCUT2D eigenvalue weighted by Gasteiger charge is -2.12. The Morgan fingerprint density at radius 1 is 1.25 bits per heavy atom. The predicted molar refractivity (Wildman–Crippen MR) is 92.3 cm³/mol. The molecule has 1 aliphatic carbocycles. The SMILES string of the molecule is Cc1cc(C)c(OC(=O)CSc2nnnn2C2CCCC2)c(C)c1. The van der Waals surface area contributed by atoms with Crippen LogP contribution in [0.5, 0.6) is 5.75 Å². The zero-order valence-electron chi connectivity index (χ0n) is 14.3. The molecule has 1 saturated carbocycles. The molecule has 1 aromatic carbocycles. The van der Waals surface area contributed by atoms with Crippen LogP contribution in [0, 0.1) is 20.8 Å². The fourth-order valence-electron chi connectivity index (χ4n) is 3.25. The second-order valence-electron chi connectivity index (χ2n) is 6.33. The maximum Gasteiger partial charge on any atom is 0.321 e. The summed E-state index contributed by atoms with van der Waals surface area (Å²) in [7, 11) is 0. The Kier molecular flexibility index (Phi) is 5.18. The van der Waals surface area contributed by atoms with Crippen molar-refractivity contribution in [3.63, 3.8) is 0 Å². The van der Waals surface area contributed by atoms with Gasteiger partial charge in [-0.1, -0.05) is 42.3 Å². The average Bonchev–Trinajstić information content (AvgIpc) is 3.19. The molecule has 1 aromatic heterocycles. The number of thioether (sulfide) groups is 1. The number of hydrogen-bond donors (Lipinski definition) is 0. The number of rotatable bonds is 5. The Balaban J connectivity index is 1.62. The topological polar surface area (TPSA) is 69.9 Å². The highest BCUT2D eigenvalue weighted by atomic mass is 32.2. The van der Waals surface area contributed by atoms with Gasteiger partial charge in [0.25, 0.3) is 0 Å². The van der Waals surface area contributed by atoms with Crippen LogP contribution in [0.2, 0.25) is 0 Å². The van der Waals surface area contributed by atoms with Gasteiger partial charge in [0.2, 0.25) is 5.16 Å². The normalized spacial score (nSPS) is 15.0. The van der Waals surface area contributed by atoms with Gasteiger partial charge < -0.3 is 4.74 Å². The lowest BCUT2D eigenvalue weighted by molar-refractivity contribution is -0.131. The zero-order valence-corrected chi connectivity index (χ0v) is 15.1. The van der Waals surface area contributed by atoms with Crippen molar-refractivity contribution >= 4 is 17.7 Å². The van der Waals surface area contributed by atoms with Gasteiger partial charge in [-0.2, -0.15) is 0 Å². The summed E-state index contributed by atoms with van der Waals surface area (Å²) in [6.07, 6.45) is 4.63. The predicted octanol–water partition coefficient (Wildman–Crippen LogP) is 3.41. The molecular formula is C17H22N4O2S. The number of tetrazole rings is 1. The second-order valence-corrected chi connectivity index (χ2v) is 7.28. The first-order chi connectivity index (χ1) is 11.5. The maximum atomic E-state index is 12.2. The third kappa shape index (κ3) is 3.77. The molecule has 3 rings (SSSR count). The van der Waals surface area contributed by atoms with E-state index in [9.17, 15) is 4.79 Å². The molecule has 0 radical (unpaired) electrons. The van der Waals surface area contributed by atoms with E-state index < -0.39 is 0 Å². The van der Waals surface area contributed by atoms with Gasteiger partial charge in [0.1, 0.15) is 5.75 Å². The molecule has 2 aromatic rings. The third-order valence-electron chi connectivity index (χ3n) is 4.27. The van der Waals surface area contributed by atoms with Crippen molar-refractivity contribution in [3.8, 4) is 5.75 Å². The van der Waals surface area contributed by atoms with Crippen molar-refractivity contribution in [2.75, 3.05) is 5.75 Å².